The fourth-order valence-electron chi connectivity index (χ4n) is 5.15. The van der Waals surface area contributed by atoms with E-state index in [0.29, 0.717) is 34.9 Å². The first-order chi connectivity index (χ1) is 17.7. The Labute approximate surface area is 208 Å². The molecular formula is C26H29N7O3. The number of rotatable bonds is 7. The summed E-state index contributed by atoms with van der Waals surface area (Å²) in [6.07, 6.45) is 1.12. The number of benzene rings is 2. The molecule has 186 valence electrons. The quantitative estimate of drug-likeness (QED) is 0.424. The third-order valence-electron chi connectivity index (χ3n) is 6.95. The van der Waals surface area contributed by atoms with Crippen molar-refractivity contribution in [2.24, 2.45) is 0 Å². The lowest BCUT2D eigenvalue weighted by Gasteiger charge is -2.38. The van der Waals surface area contributed by atoms with Gasteiger partial charge in [-0.1, -0.05) is 37.3 Å². The van der Waals surface area contributed by atoms with Gasteiger partial charge >= 0.3 is 0 Å². The average Bonchev–Trinajstić information content (AvgIpc) is 3.54. The number of H-pyrrole nitrogens is 1. The van der Waals surface area contributed by atoms with E-state index in [-0.39, 0.29) is 18.4 Å². The van der Waals surface area contributed by atoms with Crippen molar-refractivity contribution in [2.45, 2.75) is 25.9 Å². The van der Waals surface area contributed by atoms with E-state index >= 15 is 0 Å². The summed E-state index contributed by atoms with van der Waals surface area (Å²) in [5, 5.41) is 13.7. The van der Waals surface area contributed by atoms with Crippen molar-refractivity contribution < 1.29 is 9.47 Å². The molecule has 2 aromatic carbocycles. The molecule has 0 aliphatic carbocycles. The fraction of sp³-hybridized carbons (Fsp3) is 0.385. The molecule has 0 unspecified atom stereocenters. The van der Waals surface area contributed by atoms with Gasteiger partial charge < -0.3 is 19.4 Å². The molecule has 0 bridgehead atoms. The van der Waals surface area contributed by atoms with E-state index in [0.717, 1.165) is 50.1 Å². The summed E-state index contributed by atoms with van der Waals surface area (Å²) in [7, 11) is 0. The van der Waals surface area contributed by atoms with Crippen LogP contribution in [0.2, 0.25) is 0 Å². The number of hydrogen-bond donors (Lipinski definition) is 1. The van der Waals surface area contributed by atoms with Crippen molar-refractivity contribution in [3.63, 3.8) is 0 Å². The van der Waals surface area contributed by atoms with Crippen molar-refractivity contribution in [3.05, 3.63) is 75.8 Å². The summed E-state index contributed by atoms with van der Waals surface area (Å²) < 4.78 is 12.9. The first-order valence-electron chi connectivity index (χ1n) is 12.4. The van der Waals surface area contributed by atoms with Crippen LogP contribution in [-0.2, 0) is 6.54 Å². The lowest BCUT2D eigenvalue weighted by molar-refractivity contribution is 0.104. The van der Waals surface area contributed by atoms with Gasteiger partial charge in [-0.25, -0.2) is 4.68 Å². The van der Waals surface area contributed by atoms with Crippen LogP contribution in [0.3, 0.4) is 0 Å². The number of pyridine rings is 1. The first kappa shape index (κ1) is 22.7. The summed E-state index contributed by atoms with van der Waals surface area (Å²) in [5.74, 6) is 1.98. The van der Waals surface area contributed by atoms with Crippen LogP contribution in [-0.4, -0.2) is 74.5 Å². The maximum absolute atomic E-state index is 13.5. The van der Waals surface area contributed by atoms with E-state index in [4.69, 9.17) is 9.47 Å². The molecule has 1 saturated heterocycles. The molecule has 2 aliphatic heterocycles. The van der Waals surface area contributed by atoms with Gasteiger partial charge in [-0.05, 0) is 41.1 Å². The Kier molecular flexibility index (Phi) is 6.12. The number of hydrogen-bond acceptors (Lipinski definition) is 8. The van der Waals surface area contributed by atoms with E-state index in [2.05, 4.69) is 49.4 Å². The predicted octanol–water partition coefficient (Wildman–Crippen LogP) is 2.41. The van der Waals surface area contributed by atoms with Gasteiger partial charge in [0.2, 0.25) is 6.79 Å². The van der Waals surface area contributed by atoms with Gasteiger partial charge in [0, 0.05) is 43.2 Å². The largest absolute Gasteiger partial charge is 0.454 e. The highest BCUT2D eigenvalue weighted by atomic mass is 16.7. The van der Waals surface area contributed by atoms with Crippen LogP contribution in [0.5, 0.6) is 11.5 Å². The van der Waals surface area contributed by atoms with Crippen molar-refractivity contribution >= 4 is 10.9 Å². The van der Waals surface area contributed by atoms with Gasteiger partial charge in [-0.15, -0.1) is 5.10 Å². The van der Waals surface area contributed by atoms with Crippen molar-refractivity contribution in [1.29, 1.82) is 0 Å². The summed E-state index contributed by atoms with van der Waals surface area (Å²) in [4.78, 5) is 21.4. The summed E-state index contributed by atoms with van der Waals surface area (Å²) in [6, 6.07) is 15.4. The van der Waals surface area contributed by atoms with Crippen LogP contribution in [0.1, 0.15) is 36.3 Å². The third kappa shape index (κ3) is 4.33. The lowest BCUT2D eigenvalue weighted by atomic mass is 10.0. The minimum absolute atomic E-state index is 0.156. The van der Waals surface area contributed by atoms with E-state index in [9.17, 15) is 4.79 Å². The molecule has 0 radical (unpaired) electrons. The minimum Gasteiger partial charge on any atom is -0.454 e. The zero-order valence-electron chi connectivity index (χ0n) is 20.3. The van der Waals surface area contributed by atoms with Gasteiger partial charge in [-0.2, -0.15) is 0 Å². The van der Waals surface area contributed by atoms with E-state index in [1.807, 2.05) is 41.1 Å². The molecule has 2 aliphatic rings. The molecule has 1 fully saturated rings. The first-order valence-corrected chi connectivity index (χ1v) is 12.4. The summed E-state index contributed by atoms with van der Waals surface area (Å²) in [6.45, 7) is 7.51. The molecule has 10 nitrogen and oxygen atoms in total. The Morgan fingerprint density at radius 1 is 1.03 bits per heavy atom. The molecule has 10 heteroatoms. The molecule has 0 saturated carbocycles. The van der Waals surface area contributed by atoms with Crippen molar-refractivity contribution in [1.82, 2.24) is 35.0 Å². The third-order valence-corrected chi connectivity index (χ3v) is 6.95. The topological polar surface area (TPSA) is 101 Å². The number of tetrazole rings is 1. The second-order valence-corrected chi connectivity index (χ2v) is 9.31. The van der Waals surface area contributed by atoms with Crippen LogP contribution in [0.15, 0.2) is 53.3 Å². The second kappa shape index (κ2) is 9.71. The van der Waals surface area contributed by atoms with Gasteiger partial charge in [0.25, 0.3) is 5.56 Å². The monoisotopic (exact) mass is 487 g/mol. The van der Waals surface area contributed by atoms with Crippen molar-refractivity contribution in [2.75, 3.05) is 39.5 Å². The van der Waals surface area contributed by atoms with Crippen LogP contribution < -0.4 is 15.0 Å². The Balaban J connectivity index is 1.42. The van der Waals surface area contributed by atoms with Crippen molar-refractivity contribution in [3.8, 4) is 11.5 Å². The summed E-state index contributed by atoms with van der Waals surface area (Å²) >= 11 is 0. The molecule has 6 rings (SSSR count). The lowest BCUT2D eigenvalue weighted by Crippen LogP contribution is -2.49. The zero-order chi connectivity index (χ0) is 24.5. The number of piperazine rings is 1. The molecule has 1 N–H and O–H groups in total. The Hall–Kier alpha value is -3.76. The van der Waals surface area contributed by atoms with Crippen LogP contribution in [0.25, 0.3) is 10.9 Å². The zero-order valence-corrected chi connectivity index (χ0v) is 20.3. The van der Waals surface area contributed by atoms with E-state index in [1.54, 1.807) is 0 Å². The normalized spacial score (nSPS) is 17.0. The highest BCUT2D eigenvalue weighted by Gasteiger charge is 2.33. The fourth-order valence-corrected chi connectivity index (χ4v) is 5.15. The maximum Gasteiger partial charge on any atom is 0.253 e. The molecule has 0 amide bonds. The molecule has 0 spiro atoms. The number of fused-ring (bicyclic) bond motifs is 2. The smallest absolute Gasteiger partial charge is 0.253 e. The number of ether oxygens (including phenoxy) is 2. The van der Waals surface area contributed by atoms with Crippen LogP contribution in [0.4, 0.5) is 0 Å². The molecule has 2 aromatic heterocycles. The van der Waals surface area contributed by atoms with Gasteiger partial charge in [0.1, 0.15) is 6.04 Å². The van der Waals surface area contributed by atoms with Gasteiger partial charge in [0.15, 0.2) is 17.3 Å². The average molecular weight is 488 g/mol. The SMILES string of the molecule is CCCN1CCN([C@H](c2cc3cc4c(cc3[nH]c2=O)OCO4)c2nnnn2Cc2ccccc2)CC1. The number of nitrogens with one attached hydrogen (secondary N) is 1. The molecule has 4 heterocycles. The Bertz CT molecular complexity index is 1410. The van der Waals surface area contributed by atoms with Crippen LogP contribution >= 0.6 is 0 Å². The maximum atomic E-state index is 13.5. The Morgan fingerprint density at radius 2 is 1.81 bits per heavy atom. The van der Waals surface area contributed by atoms with Gasteiger partial charge in [0.05, 0.1) is 12.1 Å². The highest BCUT2D eigenvalue weighted by molar-refractivity contribution is 5.83. The highest BCUT2D eigenvalue weighted by Crippen LogP contribution is 2.36. The molecular weight excluding hydrogens is 458 g/mol. The number of aromatic amines is 1. The second-order valence-electron chi connectivity index (χ2n) is 9.31. The number of aromatic nitrogens is 5. The minimum atomic E-state index is -0.383. The van der Waals surface area contributed by atoms with Gasteiger partial charge in [-0.3, -0.25) is 9.69 Å². The Morgan fingerprint density at radius 3 is 2.58 bits per heavy atom. The standard InChI is InChI=1S/C26H29N7O3/c1-2-8-31-9-11-32(12-10-31)24(25-28-29-30-33(25)16-18-6-4-3-5-7-18)20-13-19-14-22-23(36-17-35-22)15-21(19)27-26(20)34/h3-7,13-15,24H,2,8-12,16-17H2,1H3,(H,27,34)/t24-/m1/s1. The molecule has 4 aromatic rings. The summed E-state index contributed by atoms with van der Waals surface area (Å²) in [5.41, 5.74) is 2.27. The molecule has 36 heavy (non-hydrogen) atoms. The van der Waals surface area contributed by atoms with E-state index < -0.39 is 0 Å². The van der Waals surface area contributed by atoms with E-state index in [1.165, 1.54) is 0 Å². The number of nitrogens with zero attached hydrogens (tertiary/aromatic N) is 6. The molecule has 1 atom stereocenters. The predicted molar refractivity (Wildman–Crippen MR) is 134 cm³/mol. The van der Waals surface area contributed by atoms with Crippen LogP contribution in [0, 0.1) is 0 Å².